The summed E-state index contributed by atoms with van der Waals surface area (Å²) in [5, 5.41) is 0. The van der Waals surface area contributed by atoms with Gasteiger partial charge < -0.3 is 4.74 Å². The molecule has 0 N–H and O–H groups in total. The van der Waals surface area contributed by atoms with E-state index in [1.165, 1.54) is 12.0 Å². The third-order valence-electron chi connectivity index (χ3n) is 2.31. The van der Waals surface area contributed by atoms with Gasteiger partial charge in [-0.05, 0) is 24.5 Å². The quantitative estimate of drug-likeness (QED) is 0.686. The van der Waals surface area contributed by atoms with Crippen LogP contribution < -0.4 is 4.74 Å². The van der Waals surface area contributed by atoms with Crippen molar-refractivity contribution in [1.29, 1.82) is 0 Å². The van der Waals surface area contributed by atoms with Crippen molar-refractivity contribution in [3.05, 3.63) is 29.8 Å². The van der Waals surface area contributed by atoms with E-state index in [2.05, 4.69) is 26.8 Å². The molecule has 1 rings (SSSR count). The van der Waals surface area contributed by atoms with Crippen LogP contribution in [0.4, 0.5) is 0 Å². The van der Waals surface area contributed by atoms with E-state index in [0.717, 1.165) is 12.4 Å². The lowest BCUT2D eigenvalue weighted by Crippen LogP contribution is -2.07. The fourth-order valence-electron chi connectivity index (χ4n) is 1.07. The lowest BCUT2D eigenvalue weighted by molar-refractivity contribution is 0.255. The molecular formula is C12H18O. The fraction of sp³-hybridized carbons (Fsp3) is 0.500. The SMILES string of the molecule is CCC(C)COc1ccccc1C. The summed E-state index contributed by atoms with van der Waals surface area (Å²) < 4.78 is 5.69. The molecule has 1 unspecified atom stereocenters. The van der Waals surface area contributed by atoms with Gasteiger partial charge in [-0.2, -0.15) is 0 Å². The van der Waals surface area contributed by atoms with Crippen LogP contribution in [-0.2, 0) is 0 Å². The Bertz CT molecular complexity index is 255. The van der Waals surface area contributed by atoms with Crippen molar-refractivity contribution in [3.8, 4) is 5.75 Å². The first-order valence-corrected chi connectivity index (χ1v) is 4.92. The second kappa shape index (κ2) is 4.90. The van der Waals surface area contributed by atoms with E-state index in [1.807, 2.05) is 18.2 Å². The van der Waals surface area contributed by atoms with Gasteiger partial charge in [-0.15, -0.1) is 0 Å². The van der Waals surface area contributed by atoms with Gasteiger partial charge in [0.05, 0.1) is 6.61 Å². The van der Waals surface area contributed by atoms with Crippen LogP contribution >= 0.6 is 0 Å². The topological polar surface area (TPSA) is 9.23 Å². The van der Waals surface area contributed by atoms with Crippen LogP contribution in [0.3, 0.4) is 0 Å². The van der Waals surface area contributed by atoms with E-state index in [9.17, 15) is 0 Å². The lowest BCUT2D eigenvalue weighted by atomic mass is 10.1. The molecule has 0 radical (unpaired) electrons. The number of hydrogen-bond donors (Lipinski definition) is 0. The van der Waals surface area contributed by atoms with Gasteiger partial charge in [0.25, 0.3) is 0 Å². The normalized spacial score (nSPS) is 12.5. The molecule has 0 bridgehead atoms. The highest BCUT2D eigenvalue weighted by atomic mass is 16.5. The monoisotopic (exact) mass is 178 g/mol. The Morgan fingerprint density at radius 2 is 2.00 bits per heavy atom. The van der Waals surface area contributed by atoms with Gasteiger partial charge >= 0.3 is 0 Å². The predicted molar refractivity (Wildman–Crippen MR) is 56.1 cm³/mol. The van der Waals surface area contributed by atoms with Crippen molar-refractivity contribution in [1.82, 2.24) is 0 Å². The standard InChI is InChI=1S/C12H18O/c1-4-10(2)9-13-12-8-6-5-7-11(12)3/h5-8,10H,4,9H2,1-3H3. The average Bonchev–Trinajstić information content (AvgIpc) is 2.16. The van der Waals surface area contributed by atoms with Crippen LogP contribution in [0.5, 0.6) is 5.75 Å². The molecule has 72 valence electrons. The molecule has 0 saturated heterocycles. The molecule has 0 aliphatic heterocycles. The third-order valence-corrected chi connectivity index (χ3v) is 2.31. The van der Waals surface area contributed by atoms with Crippen LogP contribution in [0, 0.1) is 12.8 Å². The number of rotatable bonds is 4. The van der Waals surface area contributed by atoms with Crippen molar-refractivity contribution in [3.63, 3.8) is 0 Å². The molecule has 1 aromatic carbocycles. The molecule has 13 heavy (non-hydrogen) atoms. The lowest BCUT2D eigenvalue weighted by Gasteiger charge is -2.12. The van der Waals surface area contributed by atoms with Crippen LogP contribution in [0.2, 0.25) is 0 Å². The zero-order chi connectivity index (χ0) is 9.68. The highest BCUT2D eigenvalue weighted by Gasteiger charge is 2.01. The summed E-state index contributed by atoms with van der Waals surface area (Å²) in [6, 6.07) is 8.15. The summed E-state index contributed by atoms with van der Waals surface area (Å²) in [5.74, 6) is 1.66. The predicted octanol–water partition coefficient (Wildman–Crippen LogP) is 3.42. The van der Waals surface area contributed by atoms with Gasteiger partial charge in [-0.3, -0.25) is 0 Å². The summed E-state index contributed by atoms with van der Waals surface area (Å²) in [7, 11) is 0. The molecule has 0 aromatic heterocycles. The van der Waals surface area contributed by atoms with E-state index in [4.69, 9.17) is 4.74 Å². The molecular weight excluding hydrogens is 160 g/mol. The number of hydrogen-bond acceptors (Lipinski definition) is 1. The first-order valence-electron chi connectivity index (χ1n) is 4.92. The van der Waals surface area contributed by atoms with Crippen molar-refractivity contribution in [2.45, 2.75) is 27.2 Å². The molecule has 0 heterocycles. The summed E-state index contributed by atoms with van der Waals surface area (Å²) >= 11 is 0. The molecule has 1 atom stereocenters. The maximum absolute atomic E-state index is 5.69. The van der Waals surface area contributed by atoms with Crippen LogP contribution in [0.1, 0.15) is 25.8 Å². The van der Waals surface area contributed by atoms with Gasteiger partial charge in [0.2, 0.25) is 0 Å². The number of benzene rings is 1. The molecule has 0 fully saturated rings. The summed E-state index contributed by atoms with van der Waals surface area (Å²) in [4.78, 5) is 0. The maximum Gasteiger partial charge on any atom is 0.122 e. The Hall–Kier alpha value is -0.980. The summed E-state index contributed by atoms with van der Waals surface area (Å²) in [6.45, 7) is 7.29. The van der Waals surface area contributed by atoms with Crippen molar-refractivity contribution < 1.29 is 4.74 Å². The summed E-state index contributed by atoms with van der Waals surface area (Å²) in [6.07, 6.45) is 1.17. The third kappa shape index (κ3) is 3.10. The highest BCUT2D eigenvalue weighted by Crippen LogP contribution is 2.17. The Labute approximate surface area is 80.7 Å². The van der Waals surface area contributed by atoms with Crippen LogP contribution in [-0.4, -0.2) is 6.61 Å². The minimum atomic E-state index is 0.639. The van der Waals surface area contributed by atoms with Gasteiger partial charge in [-0.25, -0.2) is 0 Å². The molecule has 0 spiro atoms. The first kappa shape index (κ1) is 10.1. The van der Waals surface area contributed by atoms with Gasteiger partial charge in [0.15, 0.2) is 0 Å². The smallest absolute Gasteiger partial charge is 0.122 e. The average molecular weight is 178 g/mol. The molecule has 0 aliphatic rings. The minimum Gasteiger partial charge on any atom is -0.493 e. The largest absolute Gasteiger partial charge is 0.493 e. The minimum absolute atomic E-state index is 0.639. The van der Waals surface area contributed by atoms with Crippen LogP contribution in [0.15, 0.2) is 24.3 Å². The Morgan fingerprint density at radius 3 is 2.62 bits per heavy atom. The number of ether oxygens (including phenoxy) is 1. The first-order chi connectivity index (χ1) is 6.24. The van der Waals surface area contributed by atoms with Crippen molar-refractivity contribution in [2.24, 2.45) is 5.92 Å². The number of para-hydroxylation sites is 1. The van der Waals surface area contributed by atoms with E-state index < -0.39 is 0 Å². The molecule has 0 saturated carbocycles. The van der Waals surface area contributed by atoms with Crippen molar-refractivity contribution in [2.75, 3.05) is 6.61 Å². The van der Waals surface area contributed by atoms with Crippen LogP contribution in [0.25, 0.3) is 0 Å². The second-order valence-electron chi connectivity index (χ2n) is 3.59. The Kier molecular flexibility index (Phi) is 3.81. The molecule has 0 aliphatic carbocycles. The maximum atomic E-state index is 5.69. The Balaban J connectivity index is 2.50. The summed E-state index contributed by atoms with van der Waals surface area (Å²) in [5.41, 5.74) is 1.21. The molecule has 0 amide bonds. The van der Waals surface area contributed by atoms with E-state index in [1.54, 1.807) is 0 Å². The van der Waals surface area contributed by atoms with E-state index in [0.29, 0.717) is 5.92 Å². The van der Waals surface area contributed by atoms with E-state index in [-0.39, 0.29) is 0 Å². The highest BCUT2D eigenvalue weighted by molar-refractivity contribution is 5.31. The molecule has 1 aromatic rings. The van der Waals surface area contributed by atoms with Gasteiger partial charge in [0, 0.05) is 0 Å². The number of aryl methyl sites for hydroxylation is 1. The van der Waals surface area contributed by atoms with Gasteiger partial charge in [0.1, 0.15) is 5.75 Å². The van der Waals surface area contributed by atoms with Gasteiger partial charge in [-0.1, -0.05) is 38.5 Å². The Morgan fingerprint density at radius 1 is 1.31 bits per heavy atom. The zero-order valence-corrected chi connectivity index (χ0v) is 8.71. The van der Waals surface area contributed by atoms with E-state index >= 15 is 0 Å². The fourth-order valence-corrected chi connectivity index (χ4v) is 1.07. The molecule has 1 heteroatoms. The second-order valence-corrected chi connectivity index (χ2v) is 3.59. The van der Waals surface area contributed by atoms with Crippen molar-refractivity contribution >= 4 is 0 Å². The molecule has 1 nitrogen and oxygen atoms in total. The zero-order valence-electron chi connectivity index (χ0n) is 8.71.